The first-order valence-electron chi connectivity index (χ1n) is 6.82. The summed E-state index contributed by atoms with van der Waals surface area (Å²) in [6, 6.07) is -0.393. The molecule has 0 radical (unpaired) electrons. The van der Waals surface area contributed by atoms with E-state index in [1.807, 2.05) is 0 Å². The van der Waals surface area contributed by atoms with Gasteiger partial charge in [0.25, 0.3) is 0 Å². The smallest absolute Gasteiger partial charge is 0.317 e. The van der Waals surface area contributed by atoms with E-state index < -0.39 is 5.97 Å². The number of rotatable bonds is 5. The number of carboxylic acids is 1. The molecule has 0 atom stereocenters. The van der Waals surface area contributed by atoms with Crippen LogP contribution in [-0.2, 0) is 4.79 Å². The summed E-state index contributed by atoms with van der Waals surface area (Å²) in [6.45, 7) is 2.84. The van der Waals surface area contributed by atoms with E-state index in [2.05, 4.69) is 10.6 Å². The SMILES string of the molecule is CN(C)C(=O)NCCNC(=O)N1CCN(CC(=O)O)CC1. The molecule has 1 rings (SSSR count). The summed E-state index contributed by atoms with van der Waals surface area (Å²) < 4.78 is 0. The highest BCUT2D eigenvalue weighted by molar-refractivity contribution is 5.75. The molecule has 0 aromatic rings. The van der Waals surface area contributed by atoms with Crippen LogP contribution in [0.5, 0.6) is 0 Å². The Morgan fingerprint density at radius 2 is 1.62 bits per heavy atom. The number of piperazine rings is 1. The van der Waals surface area contributed by atoms with Crippen LogP contribution in [0.2, 0.25) is 0 Å². The zero-order valence-corrected chi connectivity index (χ0v) is 12.5. The Balaban J connectivity index is 2.16. The van der Waals surface area contributed by atoms with Gasteiger partial charge in [-0.1, -0.05) is 0 Å². The topological polar surface area (TPSA) is 105 Å². The molecule has 3 N–H and O–H groups in total. The third-order valence-corrected chi connectivity index (χ3v) is 3.10. The average Bonchev–Trinajstić information content (AvgIpc) is 2.43. The number of amides is 4. The number of hydrogen-bond donors (Lipinski definition) is 3. The second-order valence-electron chi connectivity index (χ2n) is 5.02. The first-order valence-corrected chi connectivity index (χ1v) is 6.82. The minimum Gasteiger partial charge on any atom is -0.480 e. The molecule has 1 fully saturated rings. The van der Waals surface area contributed by atoms with Gasteiger partial charge in [0.2, 0.25) is 0 Å². The minimum atomic E-state index is -0.857. The van der Waals surface area contributed by atoms with Gasteiger partial charge in [-0.15, -0.1) is 0 Å². The Hall–Kier alpha value is -2.03. The van der Waals surface area contributed by atoms with Gasteiger partial charge in [-0.2, -0.15) is 0 Å². The van der Waals surface area contributed by atoms with Crippen LogP contribution in [0.3, 0.4) is 0 Å². The van der Waals surface area contributed by atoms with Crippen LogP contribution in [0.4, 0.5) is 9.59 Å². The first-order chi connectivity index (χ1) is 9.90. The molecule has 0 spiro atoms. The lowest BCUT2D eigenvalue weighted by Crippen LogP contribution is -2.53. The maximum Gasteiger partial charge on any atom is 0.317 e. The molecule has 21 heavy (non-hydrogen) atoms. The van der Waals surface area contributed by atoms with E-state index in [1.54, 1.807) is 23.9 Å². The molecule has 0 saturated carbocycles. The molecule has 0 aromatic heterocycles. The van der Waals surface area contributed by atoms with Crippen LogP contribution in [0.15, 0.2) is 0 Å². The van der Waals surface area contributed by atoms with Gasteiger partial charge in [0, 0.05) is 53.4 Å². The molecule has 1 aliphatic heterocycles. The van der Waals surface area contributed by atoms with Gasteiger partial charge in [-0.05, 0) is 0 Å². The Morgan fingerprint density at radius 3 is 2.14 bits per heavy atom. The van der Waals surface area contributed by atoms with Crippen LogP contribution in [-0.4, -0.2) is 97.7 Å². The highest BCUT2D eigenvalue weighted by Gasteiger charge is 2.21. The van der Waals surface area contributed by atoms with Gasteiger partial charge >= 0.3 is 18.0 Å². The van der Waals surface area contributed by atoms with Crippen molar-refractivity contribution in [1.29, 1.82) is 0 Å². The van der Waals surface area contributed by atoms with Gasteiger partial charge < -0.3 is 25.5 Å². The predicted molar refractivity (Wildman–Crippen MR) is 76.1 cm³/mol. The van der Waals surface area contributed by atoms with Crippen molar-refractivity contribution >= 4 is 18.0 Å². The van der Waals surface area contributed by atoms with Crippen LogP contribution >= 0.6 is 0 Å². The molecule has 1 heterocycles. The maximum atomic E-state index is 11.9. The molecular weight excluding hydrogens is 278 g/mol. The third-order valence-electron chi connectivity index (χ3n) is 3.10. The van der Waals surface area contributed by atoms with Gasteiger partial charge in [0.05, 0.1) is 6.54 Å². The molecule has 0 aromatic carbocycles. The van der Waals surface area contributed by atoms with Crippen molar-refractivity contribution < 1.29 is 19.5 Å². The number of urea groups is 2. The van der Waals surface area contributed by atoms with Crippen molar-refractivity contribution in [2.75, 3.05) is 59.9 Å². The molecule has 4 amide bonds. The van der Waals surface area contributed by atoms with E-state index in [9.17, 15) is 14.4 Å². The molecule has 120 valence electrons. The summed E-state index contributed by atoms with van der Waals surface area (Å²) in [7, 11) is 3.29. The lowest BCUT2D eigenvalue weighted by Gasteiger charge is -2.33. The number of carboxylic acid groups (broad SMARTS) is 1. The standard InChI is InChI=1S/C12H23N5O4/c1-15(2)11(20)13-3-4-14-12(21)17-7-5-16(6-8-17)9-10(18)19/h3-9H2,1-2H3,(H,13,20)(H,14,21)(H,18,19). The fraction of sp³-hybridized carbons (Fsp3) is 0.750. The van der Waals surface area contributed by atoms with Crippen molar-refractivity contribution in [3.05, 3.63) is 0 Å². The van der Waals surface area contributed by atoms with E-state index in [1.165, 1.54) is 4.90 Å². The zero-order chi connectivity index (χ0) is 15.8. The van der Waals surface area contributed by atoms with E-state index >= 15 is 0 Å². The van der Waals surface area contributed by atoms with E-state index in [-0.39, 0.29) is 18.6 Å². The zero-order valence-electron chi connectivity index (χ0n) is 12.5. The Bertz CT molecular complexity index is 380. The Labute approximate surface area is 123 Å². The van der Waals surface area contributed by atoms with Gasteiger partial charge in [-0.25, -0.2) is 9.59 Å². The molecule has 0 aliphatic carbocycles. The van der Waals surface area contributed by atoms with Gasteiger partial charge in [0.1, 0.15) is 0 Å². The predicted octanol–water partition coefficient (Wildman–Crippen LogP) is -1.33. The molecule has 0 unspecified atom stereocenters. The van der Waals surface area contributed by atoms with Crippen LogP contribution in [0.25, 0.3) is 0 Å². The fourth-order valence-electron chi connectivity index (χ4n) is 1.91. The van der Waals surface area contributed by atoms with Gasteiger partial charge in [0.15, 0.2) is 0 Å². The summed E-state index contributed by atoms with van der Waals surface area (Å²) in [5, 5.41) is 14.1. The van der Waals surface area contributed by atoms with Crippen molar-refractivity contribution in [2.24, 2.45) is 0 Å². The highest BCUT2D eigenvalue weighted by atomic mass is 16.4. The van der Waals surface area contributed by atoms with Crippen LogP contribution in [0, 0.1) is 0 Å². The number of nitrogens with one attached hydrogen (secondary N) is 2. The number of hydrogen-bond acceptors (Lipinski definition) is 4. The normalized spacial score (nSPS) is 15.4. The second kappa shape index (κ2) is 8.30. The van der Waals surface area contributed by atoms with Gasteiger partial charge in [-0.3, -0.25) is 9.69 Å². The molecule has 9 nitrogen and oxygen atoms in total. The minimum absolute atomic E-state index is 0.00598. The summed E-state index contributed by atoms with van der Waals surface area (Å²) in [6.07, 6.45) is 0. The summed E-state index contributed by atoms with van der Waals surface area (Å²) in [4.78, 5) is 38.6. The molecule has 9 heteroatoms. The largest absolute Gasteiger partial charge is 0.480 e. The number of carbonyl (C=O) groups is 3. The van der Waals surface area contributed by atoms with Crippen LogP contribution in [0.1, 0.15) is 0 Å². The van der Waals surface area contributed by atoms with Crippen molar-refractivity contribution in [3.8, 4) is 0 Å². The van der Waals surface area contributed by atoms with E-state index in [0.29, 0.717) is 39.3 Å². The fourth-order valence-corrected chi connectivity index (χ4v) is 1.91. The Morgan fingerprint density at radius 1 is 1.05 bits per heavy atom. The molecule has 0 bridgehead atoms. The quantitative estimate of drug-likeness (QED) is 0.546. The molecule has 1 saturated heterocycles. The summed E-state index contributed by atoms with van der Waals surface area (Å²) in [5.74, 6) is -0.857. The summed E-state index contributed by atoms with van der Waals surface area (Å²) in [5.41, 5.74) is 0. The van der Waals surface area contributed by atoms with Crippen molar-refractivity contribution in [1.82, 2.24) is 25.3 Å². The molecule has 1 aliphatic rings. The first kappa shape index (κ1) is 17.0. The number of nitrogens with zero attached hydrogens (tertiary/aromatic N) is 3. The average molecular weight is 301 g/mol. The highest BCUT2D eigenvalue weighted by Crippen LogP contribution is 2.01. The third kappa shape index (κ3) is 6.30. The van der Waals surface area contributed by atoms with Crippen LogP contribution < -0.4 is 10.6 Å². The monoisotopic (exact) mass is 301 g/mol. The second-order valence-corrected chi connectivity index (χ2v) is 5.02. The lowest BCUT2D eigenvalue weighted by molar-refractivity contribution is -0.138. The molecular formula is C12H23N5O4. The van der Waals surface area contributed by atoms with E-state index in [0.717, 1.165) is 0 Å². The van der Waals surface area contributed by atoms with E-state index in [4.69, 9.17) is 5.11 Å². The number of carbonyl (C=O) groups excluding carboxylic acids is 2. The van der Waals surface area contributed by atoms with Crippen molar-refractivity contribution in [2.45, 2.75) is 0 Å². The number of aliphatic carboxylic acids is 1. The maximum absolute atomic E-state index is 11.9. The summed E-state index contributed by atoms with van der Waals surface area (Å²) >= 11 is 0. The van der Waals surface area contributed by atoms with Crippen molar-refractivity contribution in [3.63, 3.8) is 0 Å². The Kier molecular flexibility index (Phi) is 6.73. The lowest BCUT2D eigenvalue weighted by atomic mass is 10.3.